The zero-order valence-corrected chi connectivity index (χ0v) is 9.27. The van der Waals surface area contributed by atoms with E-state index in [1.807, 2.05) is 31.2 Å². The quantitative estimate of drug-likeness (QED) is 0.837. The molecule has 1 N–H and O–H groups in total. The van der Waals surface area contributed by atoms with Gasteiger partial charge in [-0.3, -0.25) is 4.98 Å². The van der Waals surface area contributed by atoms with Crippen molar-refractivity contribution in [2.24, 2.45) is 0 Å². The Hall–Kier alpha value is -2.03. The van der Waals surface area contributed by atoms with Crippen LogP contribution < -0.4 is 4.74 Å². The normalized spacial score (nSPS) is 10.1. The standard InChI is InChI=1S/C13H13NO2/c1-9-7-11(15)8-14-13(9)10-3-5-12(16-2)6-4-10/h3-8,15H,1-2H3. The third-order valence-electron chi connectivity index (χ3n) is 2.43. The summed E-state index contributed by atoms with van der Waals surface area (Å²) in [4.78, 5) is 4.21. The number of hydrogen-bond donors (Lipinski definition) is 1. The first-order chi connectivity index (χ1) is 7.70. The number of nitrogens with zero attached hydrogens (tertiary/aromatic N) is 1. The third-order valence-corrected chi connectivity index (χ3v) is 2.43. The van der Waals surface area contributed by atoms with Gasteiger partial charge >= 0.3 is 0 Å². The second-order valence-electron chi connectivity index (χ2n) is 3.59. The second kappa shape index (κ2) is 4.23. The monoisotopic (exact) mass is 215 g/mol. The van der Waals surface area contributed by atoms with Crippen molar-refractivity contribution in [3.63, 3.8) is 0 Å². The van der Waals surface area contributed by atoms with Crippen LogP contribution in [0, 0.1) is 6.92 Å². The van der Waals surface area contributed by atoms with Gasteiger partial charge in [0.25, 0.3) is 0 Å². The first-order valence-corrected chi connectivity index (χ1v) is 5.01. The average Bonchev–Trinajstić information content (AvgIpc) is 2.29. The van der Waals surface area contributed by atoms with E-state index in [2.05, 4.69) is 4.98 Å². The molecule has 82 valence electrons. The van der Waals surface area contributed by atoms with Crippen molar-refractivity contribution in [1.82, 2.24) is 4.98 Å². The lowest BCUT2D eigenvalue weighted by atomic mass is 10.1. The second-order valence-corrected chi connectivity index (χ2v) is 3.59. The van der Waals surface area contributed by atoms with E-state index in [1.54, 1.807) is 13.2 Å². The molecule has 0 atom stereocenters. The van der Waals surface area contributed by atoms with Crippen LogP contribution >= 0.6 is 0 Å². The van der Waals surface area contributed by atoms with Gasteiger partial charge in [-0.1, -0.05) is 0 Å². The van der Waals surface area contributed by atoms with E-state index < -0.39 is 0 Å². The van der Waals surface area contributed by atoms with Crippen molar-refractivity contribution in [2.75, 3.05) is 7.11 Å². The van der Waals surface area contributed by atoms with Gasteiger partial charge in [0.1, 0.15) is 11.5 Å². The topological polar surface area (TPSA) is 42.4 Å². The zero-order valence-electron chi connectivity index (χ0n) is 9.27. The number of aryl methyl sites for hydroxylation is 1. The van der Waals surface area contributed by atoms with Crippen molar-refractivity contribution in [2.45, 2.75) is 6.92 Å². The van der Waals surface area contributed by atoms with Gasteiger partial charge in [0.05, 0.1) is 19.0 Å². The summed E-state index contributed by atoms with van der Waals surface area (Å²) in [5.41, 5.74) is 2.84. The molecule has 0 radical (unpaired) electrons. The molecule has 1 heterocycles. The van der Waals surface area contributed by atoms with Crippen LogP contribution in [0.3, 0.4) is 0 Å². The summed E-state index contributed by atoms with van der Waals surface area (Å²) in [6.07, 6.45) is 1.45. The molecule has 0 unspecified atom stereocenters. The summed E-state index contributed by atoms with van der Waals surface area (Å²) in [6, 6.07) is 9.38. The van der Waals surface area contributed by atoms with Gasteiger partial charge < -0.3 is 9.84 Å². The number of benzene rings is 1. The van der Waals surface area contributed by atoms with Crippen molar-refractivity contribution in [1.29, 1.82) is 0 Å². The highest BCUT2D eigenvalue weighted by molar-refractivity contribution is 5.64. The summed E-state index contributed by atoms with van der Waals surface area (Å²) in [7, 11) is 1.64. The number of aromatic hydroxyl groups is 1. The molecular weight excluding hydrogens is 202 g/mol. The smallest absolute Gasteiger partial charge is 0.134 e. The Morgan fingerprint density at radius 2 is 1.88 bits per heavy atom. The van der Waals surface area contributed by atoms with E-state index in [0.29, 0.717) is 0 Å². The highest BCUT2D eigenvalue weighted by Crippen LogP contribution is 2.25. The van der Waals surface area contributed by atoms with E-state index in [4.69, 9.17) is 4.74 Å². The molecule has 0 saturated heterocycles. The molecule has 2 aromatic rings. The Morgan fingerprint density at radius 1 is 1.19 bits per heavy atom. The molecule has 0 aliphatic rings. The van der Waals surface area contributed by atoms with Crippen molar-refractivity contribution in [3.05, 3.63) is 42.1 Å². The lowest BCUT2D eigenvalue weighted by Gasteiger charge is -2.06. The van der Waals surface area contributed by atoms with E-state index in [0.717, 1.165) is 22.6 Å². The summed E-state index contributed by atoms with van der Waals surface area (Å²) in [6.45, 7) is 1.92. The molecule has 0 bridgehead atoms. The molecule has 0 fully saturated rings. The summed E-state index contributed by atoms with van der Waals surface area (Å²) < 4.78 is 5.09. The molecule has 1 aromatic heterocycles. The Kier molecular flexibility index (Phi) is 2.77. The summed E-state index contributed by atoms with van der Waals surface area (Å²) >= 11 is 0. The fourth-order valence-corrected chi connectivity index (χ4v) is 1.61. The van der Waals surface area contributed by atoms with Crippen LogP contribution in [0.25, 0.3) is 11.3 Å². The van der Waals surface area contributed by atoms with Crippen molar-refractivity contribution in [3.8, 4) is 22.8 Å². The zero-order chi connectivity index (χ0) is 11.5. The van der Waals surface area contributed by atoms with Crippen molar-refractivity contribution < 1.29 is 9.84 Å². The van der Waals surface area contributed by atoms with Crippen LogP contribution in [0.1, 0.15) is 5.56 Å². The fourth-order valence-electron chi connectivity index (χ4n) is 1.61. The molecule has 0 saturated carbocycles. The van der Waals surface area contributed by atoms with E-state index in [1.165, 1.54) is 6.20 Å². The van der Waals surface area contributed by atoms with E-state index >= 15 is 0 Å². The maximum absolute atomic E-state index is 9.28. The van der Waals surface area contributed by atoms with Crippen LogP contribution in [-0.4, -0.2) is 17.2 Å². The molecule has 3 heteroatoms. The average molecular weight is 215 g/mol. The van der Waals surface area contributed by atoms with Crippen LogP contribution in [0.2, 0.25) is 0 Å². The van der Waals surface area contributed by atoms with E-state index in [-0.39, 0.29) is 5.75 Å². The number of aromatic nitrogens is 1. The molecule has 0 amide bonds. The highest BCUT2D eigenvalue weighted by Gasteiger charge is 2.04. The Balaban J connectivity index is 2.42. The molecule has 16 heavy (non-hydrogen) atoms. The van der Waals surface area contributed by atoms with Crippen LogP contribution in [0.4, 0.5) is 0 Å². The molecule has 3 nitrogen and oxygen atoms in total. The van der Waals surface area contributed by atoms with Crippen LogP contribution in [0.5, 0.6) is 11.5 Å². The number of pyridine rings is 1. The van der Waals surface area contributed by atoms with Gasteiger partial charge in [0.15, 0.2) is 0 Å². The van der Waals surface area contributed by atoms with E-state index in [9.17, 15) is 5.11 Å². The summed E-state index contributed by atoms with van der Waals surface area (Å²) in [5.74, 6) is 1.01. The number of hydrogen-bond acceptors (Lipinski definition) is 3. The lowest BCUT2D eigenvalue weighted by molar-refractivity contribution is 0.415. The largest absolute Gasteiger partial charge is 0.506 e. The minimum Gasteiger partial charge on any atom is -0.506 e. The SMILES string of the molecule is COc1ccc(-c2ncc(O)cc2C)cc1. The maximum Gasteiger partial charge on any atom is 0.134 e. The molecule has 1 aromatic carbocycles. The fraction of sp³-hybridized carbons (Fsp3) is 0.154. The number of methoxy groups -OCH3 is 1. The molecular formula is C13H13NO2. The molecule has 0 spiro atoms. The predicted molar refractivity (Wildman–Crippen MR) is 62.6 cm³/mol. The minimum absolute atomic E-state index is 0.190. The van der Waals surface area contributed by atoms with Gasteiger partial charge in [0.2, 0.25) is 0 Å². The van der Waals surface area contributed by atoms with Gasteiger partial charge in [-0.15, -0.1) is 0 Å². The Labute approximate surface area is 94.3 Å². The highest BCUT2D eigenvalue weighted by atomic mass is 16.5. The predicted octanol–water partition coefficient (Wildman–Crippen LogP) is 2.77. The van der Waals surface area contributed by atoms with Gasteiger partial charge in [-0.05, 0) is 42.8 Å². The summed E-state index contributed by atoms with van der Waals surface area (Å²) in [5, 5.41) is 9.28. The lowest BCUT2D eigenvalue weighted by Crippen LogP contribution is -1.88. The van der Waals surface area contributed by atoms with Gasteiger partial charge in [0, 0.05) is 5.56 Å². The molecule has 2 rings (SSSR count). The van der Waals surface area contributed by atoms with Gasteiger partial charge in [-0.2, -0.15) is 0 Å². The van der Waals surface area contributed by atoms with Crippen LogP contribution in [-0.2, 0) is 0 Å². The third kappa shape index (κ3) is 1.98. The minimum atomic E-state index is 0.190. The maximum atomic E-state index is 9.28. The first-order valence-electron chi connectivity index (χ1n) is 5.01. The van der Waals surface area contributed by atoms with Crippen LogP contribution in [0.15, 0.2) is 36.5 Å². The molecule has 0 aliphatic carbocycles. The van der Waals surface area contributed by atoms with Gasteiger partial charge in [-0.25, -0.2) is 0 Å². The number of ether oxygens (including phenoxy) is 1. The number of rotatable bonds is 2. The Morgan fingerprint density at radius 3 is 2.44 bits per heavy atom. The molecule has 0 aliphatic heterocycles. The van der Waals surface area contributed by atoms with Crippen molar-refractivity contribution >= 4 is 0 Å². The first kappa shape index (κ1) is 10.5. The Bertz CT molecular complexity index is 492.